The highest BCUT2D eigenvalue weighted by Crippen LogP contribution is 2.26. The van der Waals surface area contributed by atoms with Gasteiger partial charge in [-0.05, 0) is 46.7 Å². The molecule has 0 fully saturated rings. The van der Waals surface area contributed by atoms with Gasteiger partial charge in [-0.3, -0.25) is 0 Å². The van der Waals surface area contributed by atoms with Crippen LogP contribution in [-0.2, 0) is 13.2 Å². The van der Waals surface area contributed by atoms with Gasteiger partial charge < -0.3 is 14.8 Å². The lowest BCUT2D eigenvalue weighted by Crippen LogP contribution is -2.08. The highest BCUT2D eigenvalue weighted by atomic mass is 79.9. The van der Waals surface area contributed by atoms with Crippen molar-refractivity contribution >= 4 is 15.9 Å². The minimum absolute atomic E-state index is 0.281. The van der Waals surface area contributed by atoms with Crippen molar-refractivity contribution in [2.75, 3.05) is 14.2 Å². The van der Waals surface area contributed by atoms with E-state index in [2.05, 4.69) is 21.2 Å². The van der Waals surface area contributed by atoms with E-state index < -0.39 is 0 Å². The summed E-state index contributed by atoms with van der Waals surface area (Å²) in [6.45, 7) is 1.06. The normalized spacial score (nSPS) is 10.5. The van der Waals surface area contributed by atoms with E-state index in [0.29, 0.717) is 17.6 Å². The summed E-state index contributed by atoms with van der Waals surface area (Å²) in [7, 11) is 3.50. The fourth-order valence-electron chi connectivity index (χ4n) is 1.92. The Morgan fingerprint density at radius 1 is 1.19 bits per heavy atom. The van der Waals surface area contributed by atoms with Gasteiger partial charge in [-0.2, -0.15) is 0 Å². The van der Waals surface area contributed by atoms with Crippen LogP contribution in [0.4, 0.5) is 4.39 Å². The third kappa shape index (κ3) is 4.19. The highest BCUT2D eigenvalue weighted by molar-refractivity contribution is 9.10. The van der Waals surface area contributed by atoms with Gasteiger partial charge in [-0.25, -0.2) is 4.39 Å². The molecule has 0 amide bonds. The first kappa shape index (κ1) is 15.8. The third-order valence-corrected chi connectivity index (χ3v) is 3.63. The molecule has 0 saturated carbocycles. The predicted octanol–water partition coefficient (Wildman–Crippen LogP) is 3.90. The van der Waals surface area contributed by atoms with Crippen molar-refractivity contribution in [3.8, 4) is 11.5 Å². The van der Waals surface area contributed by atoms with Crippen LogP contribution in [0.3, 0.4) is 0 Å². The standard InChI is InChI=1S/C16H17BrFNO2/c1-19-9-12-4-5-13(20-2)8-16(12)21-10-11-3-6-15(18)14(17)7-11/h3-8,19H,9-10H2,1-2H3. The van der Waals surface area contributed by atoms with Gasteiger partial charge in [0.1, 0.15) is 23.9 Å². The lowest BCUT2D eigenvalue weighted by molar-refractivity contribution is 0.299. The lowest BCUT2D eigenvalue weighted by Gasteiger charge is -2.13. The van der Waals surface area contributed by atoms with Gasteiger partial charge in [0, 0.05) is 18.2 Å². The van der Waals surface area contributed by atoms with Gasteiger partial charge in [0.05, 0.1) is 11.6 Å². The molecule has 0 aliphatic rings. The zero-order valence-corrected chi connectivity index (χ0v) is 13.5. The molecule has 3 nitrogen and oxygen atoms in total. The number of hydrogen-bond donors (Lipinski definition) is 1. The molecule has 2 rings (SSSR count). The first-order chi connectivity index (χ1) is 10.1. The molecule has 0 saturated heterocycles. The number of benzene rings is 2. The molecule has 21 heavy (non-hydrogen) atoms. The number of rotatable bonds is 6. The molecule has 0 spiro atoms. The van der Waals surface area contributed by atoms with Crippen LogP contribution in [-0.4, -0.2) is 14.2 Å². The van der Waals surface area contributed by atoms with Crippen LogP contribution >= 0.6 is 15.9 Å². The summed E-state index contributed by atoms with van der Waals surface area (Å²) < 4.78 is 24.7. The van der Waals surface area contributed by atoms with E-state index in [1.807, 2.05) is 25.2 Å². The van der Waals surface area contributed by atoms with E-state index in [0.717, 1.165) is 22.6 Å². The SMILES string of the molecule is CNCc1ccc(OC)cc1OCc1ccc(F)c(Br)c1. The molecule has 0 unspecified atom stereocenters. The zero-order chi connectivity index (χ0) is 15.2. The molecular weight excluding hydrogens is 337 g/mol. The maximum Gasteiger partial charge on any atom is 0.137 e. The molecule has 112 valence electrons. The maximum absolute atomic E-state index is 13.2. The van der Waals surface area contributed by atoms with Crippen LogP contribution in [0.5, 0.6) is 11.5 Å². The van der Waals surface area contributed by atoms with Crippen LogP contribution in [0, 0.1) is 5.82 Å². The van der Waals surface area contributed by atoms with Crippen LogP contribution in [0.25, 0.3) is 0 Å². The summed E-state index contributed by atoms with van der Waals surface area (Å²) in [6, 6.07) is 10.6. The van der Waals surface area contributed by atoms with Gasteiger partial charge in [-0.15, -0.1) is 0 Å². The van der Waals surface area contributed by atoms with E-state index in [-0.39, 0.29) is 5.82 Å². The molecule has 5 heteroatoms. The Hall–Kier alpha value is -1.59. The van der Waals surface area contributed by atoms with Crippen molar-refractivity contribution in [2.45, 2.75) is 13.2 Å². The second-order valence-corrected chi connectivity index (χ2v) is 5.40. The number of halogens is 2. The molecule has 2 aromatic carbocycles. The Balaban J connectivity index is 2.15. The first-order valence-corrected chi connectivity index (χ1v) is 7.31. The molecule has 0 radical (unpaired) electrons. The molecule has 0 bridgehead atoms. The first-order valence-electron chi connectivity index (χ1n) is 6.52. The number of nitrogens with one attached hydrogen (secondary N) is 1. The van der Waals surface area contributed by atoms with Gasteiger partial charge in [0.15, 0.2) is 0 Å². The smallest absolute Gasteiger partial charge is 0.137 e. The van der Waals surface area contributed by atoms with Gasteiger partial charge in [0.25, 0.3) is 0 Å². The average Bonchev–Trinajstić information content (AvgIpc) is 2.50. The summed E-state index contributed by atoms with van der Waals surface area (Å²) in [4.78, 5) is 0. The number of ether oxygens (including phenoxy) is 2. The van der Waals surface area contributed by atoms with Crippen LogP contribution in [0.1, 0.15) is 11.1 Å². The van der Waals surface area contributed by atoms with E-state index >= 15 is 0 Å². The maximum atomic E-state index is 13.2. The van der Waals surface area contributed by atoms with Crippen molar-refractivity contribution in [1.82, 2.24) is 5.32 Å². The van der Waals surface area contributed by atoms with E-state index in [1.54, 1.807) is 19.2 Å². The van der Waals surface area contributed by atoms with Crippen LogP contribution < -0.4 is 14.8 Å². The molecule has 0 aromatic heterocycles. The molecule has 0 atom stereocenters. The highest BCUT2D eigenvalue weighted by Gasteiger charge is 2.07. The van der Waals surface area contributed by atoms with Crippen molar-refractivity contribution in [2.24, 2.45) is 0 Å². The van der Waals surface area contributed by atoms with Crippen molar-refractivity contribution in [1.29, 1.82) is 0 Å². The summed E-state index contributed by atoms with van der Waals surface area (Å²) in [5, 5.41) is 3.10. The Bertz CT molecular complexity index is 619. The van der Waals surface area contributed by atoms with Crippen LogP contribution in [0.15, 0.2) is 40.9 Å². The van der Waals surface area contributed by atoms with Crippen molar-refractivity contribution in [3.05, 3.63) is 57.8 Å². The molecule has 0 aliphatic heterocycles. The average molecular weight is 354 g/mol. The monoisotopic (exact) mass is 353 g/mol. The molecular formula is C16H17BrFNO2. The molecule has 0 heterocycles. The second kappa shape index (κ2) is 7.43. The number of methoxy groups -OCH3 is 1. The number of hydrogen-bond acceptors (Lipinski definition) is 3. The summed E-state index contributed by atoms with van der Waals surface area (Å²) >= 11 is 3.17. The summed E-state index contributed by atoms with van der Waals surface area (Å²) in [5.74, 6) is 1.21. The van der Waals surface area contributed by atoms with E-state index in [9.17, 15) is 4.39 Å². The van der Waals surface area contributed by atoms with Gasteiger partial charge in [-0.1, -0.05) is 12.1 Å². The van der Waals surface area contributed by atoms with E-state index in [1.165, 1.54) is 6.07 Å². The minimum Gasteiger partial charge on any atom is -0.497 e. The molecule has 2 aromatic rings. The fourth-order valence-corrected chi connectivity index (χ4v) is 2.35. The van der Waals surface area contributed by atoms with Crippen LogP contribution in [0.2, 0.25) is 0 Å². The Labute approximate surface area is 132 Å². The summed E-state index contributed by atoms with van der Waals surface area (Å²) in [5.41, 5.74) is 1.93. The van der Waals surface area contributed by atoms with Crippen molar-refractivity contribution < 1.29 is 13.9 Å². The Kier molecular flexibility index (Phi) is 5.59. The Morgan fingerprint density at radius 2 is 2.00 bits per heavy atom. The minimum atomic E-state index is -0.281. The predicted molar refractivity (Wildman–Crippen MR) is 84.2 cm³/mol. The Morgan fingerprint density at radius 3 is 2.67 bits per heavy atom. The third-order valence-electron chi connectivity index (χ3n) is 3.02. The van der Waals surface area contributed by atoms with Gasteiger partial charge >= 0.3 is 0 Å². The summed E-state index contributed by atoms with van der Waals surface area (Å²) in [6.07, 6.45) is 0. The lowest BCUT2D eigenvalue weighted by atomic mass is 10.2. The fraction of sp³-hybridized carbons (Fsp3) is 0.250. The molecule has 0 aliphatic carbocycles. The molecule has 1 N–H and O–H groups in total. The topological polar surface area (TPSA) is 30.5 Å². The second-order valence-electron chi connectivity index (χ2n) is 4.54. The van der Waals surface area contributed by atoms with E-state index in [4.69, 9.17) is 9.47 Å². The quantitative estimate of drug-likeness (QED) is 0.854. The van der Waals surface area contributed by atoms with Crippen molar-refractivity contribution in [3.63, 3.8) is 0 Å². The van der Waals surface area contributed by atoms with Gasteiger partial charge in [0.2, 0.25) is 0 Å². The zero-order valence-electron chi connectivity index (χ0n) is 12.0. The largest absolute Gasteiger partial charge is 0.497 e.